The molecule has 0 bridgehead atoms. The van der Waals surface area contributed by atoms with Crippen LogP contribution in [0.4, 0.5) is 0 Å². The van der Waals surface area contributed by atoms with Gasteiger partial charge in [0.05, 0.1) is 0 Å². The molecule has 0 heteroatoms. The zero-order chi connectivity index (χ0) is 7.98. The molecule has 0 atom stereocenters. The highest BCUT2D eigenvalue weighted by molar-refractivity contribution is 5.03. The summed E-state index contributed by atoms with van der Waals surface area (Å²) in [4.78, 5) is 0. The molecule has 0 saturated heterocycles. The van der Waals surface area contributed by atoms with Crippen LogP contribution in [0.2, 0.25) is 0 Å². The number of allylic oxidation sites excluding steroid dienone is 4. The van der Waals surface area contributed by atoms with Crippen LogP contribution in [0, 0.1) is 5.92 Å². The minimum atomic E-state index is 0.685. The number of hydrogen-bond donors (Lipinski definition) is 0. The van der Waals surface area contributed by atoms with Crippen molar-refractivity contribution in [1.29, 1.82) is 0 Å². The van der Waals surface area contributed by atoms with Crippen molar-refractivity contribution in [2.45, 2.75) is 34.1 Å². The van der Waals surface area contributed by atoms with Crippen molar-refractivity contribution in [1.82, 2.24) is 0 Å². The van der Waals surface area contributed by atoms with E-state index in [1.165, 1.54) is 5.57 Å². The van der Waals surface area contributed by atoms with E-state index in [4.69, 9.17) is 0 Å². The zero-order valence-corrected chi connectivity index (χ0v) is 7.52. The molecule has 0 aliphatic rings. The van der Waals surface area contributed by atoms with Crippen molar-refractivity contribution in [3.05, 3.63) is 23.8 Å². The third kappa shape index (κ3) is 5.61. The van der Waals surface area contributed by atoms with E-state index in [2.05, 4.69) is 45.9 Å². The molecule has 0 aliphatic heterocycles. The first kappa shape index (κ1) is 9.48. The van der Waals surface area contributed by atoms with Gasteiger partial charge in [-0.25, -0.2) is 0 Å². The second kappa shape index (κ2) is 5.28. The lowest BCUT2D eigenvalue weighted by Crippen LogP contribution is -1.77. The van der Waals surface area contributed by atoms with Gasteiger partial charge in [0.1, 0.15) is 0 Å². The summed E-state index contributed by atoms with van der Waals surface area (Å²) in [5.41, 5.74) is 1.44. The van der Waals surface area contributed by atoms with Crippen LogP contribution < -0.4 is 0 Å². The van der Waals surface area contributed by atoms with Gasteiger partial charge in [0, 0.05) is 0 Å². The molecule has 0 rings (SSSR count). The van der Waals surface area contributed by atoms with Crippen molar-refractivity contribution < 1.29 is 0 Å². The minimum absolute atomic E-state index is 0.685. The van der Waals surface area contributed by atoms with E-state index < -0.39 is 0 Å². The molecule has 0 heterocycles. The van der Waals surface area contributed by atoms with Crippen molar-refractivity contribution in [2.75, 3.05) is 0 Å². The SMILES string of the molecule is CC=C(C)CC=CC(C)C. The Morgan fingerprint density at radius 3 is 2.40 bits per heavy atom. The largest absolute Gasteiger partial charge is 0.0884 e. The Hall–Kier alpha value is -0.520. The van der Waals surface area contributed by atoms with Crippen LogP contribution in [0.1, 0.15) is 34.1 Å². The fourth-order valence-electron chi connectivity index (χ4n) is 0.644. The third-order valence-electron chi connectivity index (χ3n) is 1.45. The summed E-state index contributed by atoms with van der Waals surface area (Å²) in [6.45, 7) is 8.63. The summed E-state index contributed by atoms with van der Waals surface area (Å²) in [7, 11) is 0. The summed E-state index contributed by atoms with van der Waals surface area (Å²) in [5.74, 6) is 0.685. The zero-order valence-electron chi connectivity index (χ0n) is 7.52. The Morgan fingerprint density at radius 2 is 2.00 bits per heavy atom. The summed E-state index contributed by atoms with van der Waals surface area (Å²) >= 11 is 0. The molecule has 0 unspecified atom stereocenters. The molecule has 0 spiro atoms. The predicted molar refractivity (Wildman–Crippen MR) is 48.0 cm³/mol. The normalized spacial score (nSPS) is 13.5. The maximum Gasteiger partial charge on any atom is -0.0142 e. The molecule has 0 nitrogen and oxygen atoms in total. The lowest BCUT2D eigenvalue weighted by molar-refractivity contribution is 0.827. The molecule has 0 aromatic carbocycles. The Bertz CT molecular complexity index is 127. The predicted octanol–water partition coefficient (Wildman–Crippen LogP) is 3.55. The molecule has 0 radical (unpaired) electrons. The van der Waals surface area contributed by atoms with Crippen LogP contribution in [0.25, 0.3) is 0 Å². The highest BCUT2D eigenvalue weighted by Crippen LogP contribution is 2.02. The van der Waals surface area contributed by atoms with Gasteiger partial charge >= 0.3 is 0 Å². The highest BCUT2D eigenvalue weighted by Gasteiger charge is 1.84. The summed E-state index contributed by atoms with van der Waals surface area (Å²) in [6.07, 6.45) is 7.74. The lowest BCUT2D eigenvalue weighted by Gasteiger charge is -1.94. The summed E-state index contributed by atoms with van der Waals surface area (Å²) in [6, 6.07) is 0. The fourth-order valence-corrected chi connectivity index (χ4v) is 0.644. The second-order valence-electron chi connectivity index (χ2n) is 3.01. The molecule has 0 fully saturated rings. The van der Waals surface area contributed by atoms with Gasteiger partial charge in [0.25, 0.3) is 0 Å². The quantitative estimate of drug-likeness (QED) is 0.523. The van der Waals surface area contributed by atoms with Crippen LogP contribution >= 0.6 is 0 Å². The Balaban J connectivity index is 3.54. The molecule has 58 valence electrons. The van der Waals surface area contributed by atoms with Gasteiger partial charge in [0.15, 0.2) is 0 Å². The van der Waals surface area contributed by atoms with Crippen molar-refractivity contribution in [3.8, 4) is 0 Å². The maximum absolute atomic E-state index is 2.24. The first-order valence-corrected chi connectivity index (χ1v) is 3.95. The minimum Gasteiger partial charge on any atom is -0.0884 e. The lowest BCUT2D eigenvalue weighted by atomic mass is 10.1. The van der Waals surface area contributed by atoms with Crippen molar-refractivity contribution in [3.63, 3.8) is 0 Å². The standard InChI is InChI=1S/C10H18/c1-5-10(4)8-6-7-9(2)3/h5-7,9H,8H2,1-4H3. The van der Waals surface area contributed by atoms with E-state index in [1.807, 2.05) is 0 Å². The topological polar surface area (TPSA) is 0 Å². The Morgan fingerprint density at radius 1 is 1.40 bits per heavy atom. The van der Waals surface area contributed by atoms with Gasteiger partial charge in [-0.3, -0.25) is 0 Å². The third-order valence-corrected chi connectivity index (χ3v) is 1.45. The van der Waals surface area contributed by atoms with Gasteiger partial charge in [-0.2, -0.15) is 0 Å². The fraction of sp³-hybridized carbons (Fsp3) is 0.600. The van der Waals surface area contributed by atoms with E-state index in [-0.39, 0.29) is 0 Å². The molecule has 0 aromatic rings. The Kier molecular flexibility index (Phi) is 5.00. The van der Waals surface area contributed by atoms with Crippen LogP contribution in [0.15, 0.2) is 23.8 Å². The Labute approximate surface area is 64.6 Å². The van der Waals surface area contributed by atoms with Gasteiger partial charge in [-0.15, -0.1) is 0 Å². The molecule has 0 aromatic heterocycles. The van der Waals surface area contributed by atoms with E-state index in [0.29, 0.717) is 5.92 Å². The number of rotatable bonds is 3. The molecule has 0 amide bonds. The second-order valence-corrected chi connectivity index (χ2v) is 3.01. The van der Waals surface area contributed by atoms with E-state index in [0.717, 1.165) is 6.42 Å². The van der Waals surface area contributed by atoms with Crippen LogP contribution in [-0.4, -0.2) is 0 Å². The summed E-state index contributed by atoms with van der Waals surface area (Å²) < 4.78 is 0. The smallest absolute Gasteiger partial charge is 0.0142 e. The van der Waals surface area contributed by atoms with Gasteiger partial charge in [-0.1, -0.05) is 37.6 Å². The molecule has 10 heavy (non-hydrogen) atoms. The van der Waals surface area contributed by atoms with E-state index >= 15 is 0 Å². The monoisotopic (exact) mass is 138 g/mol. The van der Waals surface area contributed by atoms with E-state index in [9.17, 15) is 0 Å². The highest BCUT2D eigenvalue weighted by atomic mass is 13.9. The van der Waals surface area contributed by atoms with Crippen LogP contribution in [0.5, 0.6) is 0 Å². The molecular weight excluding hydrogens is 120 g/mol. The number of hydrogen-bond acceptors (Lipinski definition) is 0. The van der Waals surface area contributed by atoms with Gasteiger partial charge < -0.3 is 0 Å². The average Bonchev–Trinajstić information content (AvgIpc) is 1.87. The molecule has 0 N–H and O–H groups in total. The molecule has 0 saturated carbocycles. The van der Waals surface area contributed by atoms with Gasteiger partial charge in [0.2, 0.25) is 0 Å². The van der Waals surface area contributed by atoms with Gasteiger partial charge in [-0.05, 0) is 26.2 Å². The first-order chi connectivity index (χ1) is 4.66. The van der Waals surface area contributed by atoms with Crippen molar-refractivity contribution >= 4 is 0 Å². The summed E-state index contributed by atoms with van der Waals surface area (Å²) in [5, 5.41) is 0. The first-order valence-electron chi connectivity index (χ1n) is 3.95. The van der Waals surface area contributed by atoms with Crippen molar-refractivity contribution in [2.24, 2.45) is 5.92 Å². The van der Waals surface area contributed by atoms with E-state index in [1.54, 1.807) is 0 Å². The maximum atomic E-state index is 2.24. The average molecular weight is 138 g/mol. The van der Waals surface area contributed by atoms with Crippen LogP contribution in [-0.2, 0) is 0 Å². The molecule has 0 aliphatic carbocycles. The van der Waals surface area contributed by atoms with Crippen LogP contribution in [0.3, 0.4) is 0 Å². The molecular formula is C10H18.